The van der Waals surface area contributed by atoms with E-state index in [9.17, 15) is 4.79 Å². The lowest BCUT2D eigenvalue weighted by Crippen LogP contribution is -2.39. The Bertz CT molecular complexity index is 498. The van der Waals surface area contributed by atoms with E-state index in [0.29, 0.717) is 19.7 Å². The van der Waals surface area contributed by atoms with Crippen LogP contribution in [0.2, 0.25) is 0 Å². The molecule has 0 bridgehead atoms. The van der Waals surface area contributed by atoms with Gasteiger partial charge in [0, 0.05) is 18.9 Å². The van der Waals surface area contributed by atoms with Gasteiger partial charge in [-0.2, -0.15) is 0 Å². The predicted octanol–water partition coefficient (Wildman–Crippen LogP) is 3.04. The lowest BCUT2D eigenvalue weighted by atomic mass is 10.1. The number of nitrogens with zero attached hydrogens (tertiary/aromatic N) is 2. The molecule has 0 aromatic carbocycles. The molecule has 122 valence electrons. The van der Waals surface area contributed by atoms with Gasteiger partial charge < -0.3 is 14.4 Å². The average molecular weight is 306 g/mol. The molecule has 1 aromatic rings. The second-order valence-corrected chi connectivity index (χ2v) is 7.06. The second kappa shape index (κ2) is 6.65. The van der Waals surface area contributed by atoms with Crippen LogP contribution in [0.4, 0.5) is 4.79 Å². The molecule has 0 aliphatic carbocycles. The zero-order valence-corrected chi connectivity index (χ0v) is 14.0. The number of aromatic nitrogens is 1. The van der Waals surface area contributed by atoms with E-state index in [1.807, 2.05) is 39.1 Å². The van der Waals surface area contributed by atoms with Crippen molar-refractivity contribution in [1.29, 1.82) is 0 Å². The van der Waals surface area contributed by atoms with Crippen LogP contribution in [-0.2, 0) is 15.9 Å². The molecule has 2 heterocycles. The maximum absolute atomic E-state index is 12.1. The third-order valence-electron chi connectivity index (χ3n) is 3.65. The SMILES string of the molecule is CC(C)(C)OC(=O)N1CCC(C)(OCCc2cccnc2)C1. The van der Waals surface area contributed by atoms with Crippen molar-refractivity contribution in [3.8, 4) is 0 Å². The minimum atomic E-state index is -0.461. The van der Waals surface area contributed by atoms with Crippen LogP contribution in [-0.4, -0.2) is 46.9 Å². The quantitative estimate of drug-likeness (QED) is 0.858. The molecule has 1 atom stereocenters. The van der Waals surface area contributed by atoms with Gasteiger partial charge in [0.25, 0.3) is 0 Å². The highest BCUT2D eigenvalue weighted by atomic mass is 16.6. The Kier molecular flexibility index (Phi) is 5.06. The van der Waals surface area contributed by atoms with Crippen LogP contribution >= 0.6 is 0 Å². The summed E-state index contributed by atoms with van der Waals surface area (Å²) in [7, 11) is 0. The van der Waals surface area contributed by atoms with Crippen LogP contribution in [0.5, 0.6) is 0 Å². The van der Waals surface area contributed by atoms with Gasteiger partial charge in [-0.1, -0.05) is 6.07 Å². The third kappa shape index (κ3) is 4.98. The van der Waals surface area contributed by atoms with E-state index in [1.54, 1.807) is 11.1 Å². The molecule has 22 heavy (non-hydrogen) atoms. The van der Waals surface area contributed by atoms with Gasteiger partial charge in [0.1, 0.15) is 5.60 Å². The van der Waals surface area contributed by atoms with Crippen LogP contribution in [0, 0.1) is 0 Å². The maximum atomic E-state index is 12.1. The Hall–Kier alpha value is -1.62. The molecule has 1 amide bonds. The number of ether oxygens (including phenoxy) is 2. The number of likely N-dealkylation sites (tertiary alicyclic amines) is 1. The summed E-state index contributed by atoms with van der Waals surface area (Å²) in [5.41, 5.74) is 0.407. The van der Waals surface area contributed by atoms with Crippen molar-refractivity contribution in [2.24, 2.45) is 0 Å². The highest BCUT2D eigenvalue weighted by molar-refractivity contribution is 5.68. The molecule has 5 heteroatoms. The lowest BCUT2D eigenvalue weighted by Gasteiger charge is -2.27. The number of carbonyl (C=O) groups is 1. The molecule has 5 nitrogen and oxygen atoms in total. The van der Waals surface area contributed by atoms with E-state index in [0.717, 1.165) is 18.4 Å². The number of amides is 1. The van der Waals surface area contributed by atoms with E-state index in [4.69, 9.17) is 9.47 Å². The van der Waals surface area contributed by atoms with Crippen LogP contribution < -0.4 is 0 Å². The summed E-state index contributed by atoms with van der Waals surface area (Å²) in [5, 5.41) is 0. The topological polar surface area (TPSA) is 51.7 Å². The summed E-state index contributed by atoms with van der Waals surface area (Å²) in [5.74, 6) is 0. The molecule has 1 fully saturated rings. The summed E-state index contributed by atoms with van der Waals surface area (Å²) < 4.78 is 11.4. The van der Waals surface area contributed by atoms with E-state index in [-0.39, 0.29) is 11.7 Å². The molecule has 0 radical (unpaired) electrons. The molecular weight excluding hydrogens is 280 g/mol. The first-order valence-electron chi connectivity index (χ1n) is 7.78. The fraction of sp³-hybridized carbons (Fsp3) is 0.647. The van der Waals surface area contributed by atoms with Gasteiger partial charge in [-0.15, -0.1) is 0 Å². The van der Waals surface area contributed by atoms with Crippen LogP contribution in [0.25, 0.3) is 0 Å². The number of hydrogen-bond acceptors (Lipinski definition) is 4. The van der Waals surface area contributed by atoms with Gasteiger partial charge in [-0.05, 0) is 52.2 Å². The highest BCUT2D eigenvalue weighted by Gasteiger charge is 2.38. The third-order valence-corrected chi connectivity index (χ3v) is 3.65. The summed E-state index contributed by atoms with van der Waals surface area (Å²) in [6, 6.07) is 3.97. The molecule has 1 aliphatic rings. The number of carbonyl (C=O) groups excluding carboxylic acids is 1. The summed E-state index contributed by atoms with van der Waals surface area (Å²) in [6.45, 7) is 9.58. The second-order valence-electron chi connectivity index (χ2n) is 7.06. The summed E-state index contributed by atoms with van der Waals surface area (Å²) in [4.78, 5) is 17.9. The summed E-state index contributed by atoms with van der Waals surface area (Å²) >= 11 is 0. The number of rotatable bonds is 4. The summed E-state index contributed by atoms with van der Waals surface area (Å²) in [6.07, 6.45) is 5.02. The first-order chi connectivity index (χ1) is 10.3. The largest absolute Gasteiger partial charge is 0.444 e. The fourth-order valence-electron chi connectivity index (χ4n) is 2.49. The van der Waals surface area contributed by atoms with Crippen molar-refractivity contribution in [2.75, 3.05) is 19.7 Å². The van der Waals surface area contributed by atoms with Gasteiger partial charge >= 0.3 is 6.09 Å². The van der Waals surface area contributed by atoms with Crippen LogP contribution in [0.15, 0.2) is 24.5 Å². The van der Waals surface area contributed by atoms with Crippen molar-refractivity contribution in [3.05, 3.63) is 30.1 Å². The number of pyridine rings is 1. The lowest BCUT2D eigenvalue weighted by molar-refractivity contribution is -0.0258. The zero-order valence-electron chi connectivity index (χ0n) is 14.0. The Morgan fingerprint density at radius 2 is 2.23 bits per heavy atom. The Labute approximate surface area is 132 Å². The van der Waals surface area contributed by atoms with Crippen molar-refractivity contribution >= 4 is 6.09 Å². The number of hydrogen-bond donors (Lipinski definition) is 0. The Morgan fingerprint density at radius 3 is 2.86 bits per heavy atom. The standard InChI is InChI=1S/C17H26N2O3/c1-16(2,3)22-15(20)19-10-8-17(4,13-19)21-11-7-14-6-5-9-18-12-14/h5-6,9,12H,7-8,10-11,13H2,1-4H3. The zero-order chi connectivity index (χ0) is 16.2. The van der Waals surface area contributed by atoms with Gasteiger partial charge in [-0.3, -0.25) is 4.98 Å². The van der Waals surface area contributed by atoms with Crippen molar-refractivity contribution in [3.63, 3.8) is 0 Å². The smallest absolute Gasteiger partial charge is 0.410 e. The first kappa shape index (κ1) is 16.7. The van der Waals surface area contributed by atoms with Crippen LogP contribution in [0.3, 0.4) is 0 Å². The minimum Gasteiger partial charge on any atom is -0.444 e. The van der Waals surface area contributed by atoms with Crippen molar-refractivity contribution in [1.82, 2.24) is 9.88 Å². The van der Waals surface area contributed by atoms with E-state index in [1.165, 1.54) is 0 Å². The van der Waals surface area contributed by atoms with Crippen molar-refractivity contribution < 1.29 is 14.3 Å². The van der Waals surface area contributed by atoms with Gasteiger partial charge in [0.15, 0.2) is 0 Å². The molecule has 1 aromatic heterocycles. The molecule has 0 N–H and O–H groups in total. The molecule has 1 aliphatic heterocycles. The van der Waals surface area contributed by atoms with Gasteiger partial charge in [0.05, 0.1) is 18.8 Å². The molecule has 0 saturated carbocycles. The Balaban J connectivity index is 1.79. The van der Waals surface area contributed by atoms with E-state index < -0.39 is 5.60 Å². The van der Waals surface area contributed by atoms with Gasteiger partial charge in [-0.25, -0.2) is 4.79 Å². The van der Waals surface area contributed by atoms with Crippen LogP contribution in [0.1, 0.15) is 39.7 Å². The van der Waals surface area contributed by atoms with E-state index >= 15 is 0 Å². The van der Waals surface area contributed by atoms with E-state index in [2.05, 4.69) is 11.9 Å². The molecular formula is C17H26N2O3. The molecule has 2 rings (SSSR count). The van der Waals surface area contributed by atoms with Crippen molar-refractivity contribution in [2.45, 2.75) is 51.7 Å². The predicted molar refractivity (Wildman–Crippen MR) is 84.7 cm³/mol. The molecule has 1 unspecified atom stereocenters. The molecule has 0 spiro atoms. The maximum Gasteiger partial charge on any atom is 0.410 e. The fourth-order valence-corrected chi connectivity index (χ4v) is 2.49. The average Bonchev–Trinajstić information content (AvgIpc) is 2.81. The minimum absolute atomic E-state index is 0.257. The molecule has 1 saturated heterocycles. The first-order valence-corrected chi connectivity index (χ1v) is 7.78. The normalized spacial score (nSPS) is 21.9. The monoisotopic (exact) mass is 306 g/mol. The Morgan fingerprint density at radius 1 is 1.45 bits per heavy atom. The highest BCUT2D eigenvalue weighted by Crippen LogP contribution is 2.26. The van der Waals surface area contributed by atoms with Gasteiger partial charge in [0.2, 0.25) is 0 Å².